The molecule has 7 nitrogen and oxygen atoms in total. The van der Waals surface area contributed by atoms with Gasteiger partial charge in [0.2, 0.25) is 5.15 Å². The number of hydrogen-bond donors (Lipinski definition) is 1. The van der Waals surface area contributed by atoms with Gasteiger partial charge in [0.25, 0.3) is 0 Å². The maximum Gasteiger partial charge on any atom is 0.329 e. The maximum atomic E-state index is 11.3. The van der Waals surface area contributed by atoms with Gasteiger partial charge >= 0.3 is 5.69 Å². The molecule has 2 rings (SSSR count). The lowest BCUT2D eigenvalue weighted by Gasteiger charge is -2.41. The van der Waals surface area contributed by atoms with Crippen molar-refractivity contribution in [2.45, 2.75) is 40.4 Å². The zero-order chi connectivity index (χ0) is 17.4. The second-order valence-electron chi connectivity index (χ2n) is 6.74. The van der Waals surface area contributed by atoms with Crippen molar-refractivity contribution in [3.05, 3.63) is 26.5 Å². The van der Waals surface area contributed by atoms with E-state index in [0.717, 1.165) is 0 Å². The van der Waals surface area contributed by atoms with Gasteiger partial charge in [0.05, 0.1) is 18.1 Å². The molecule has 1 aromatic heterocycles. The Bertz CT molecular complexity index is 624. The number of hydrogen-bond acceptors (Lipinski definition) is 6. The smallest absolute Gasteiger partial charge is 0.329 e. The largest absolute Gasteiger partial charge is 0.378 e. The minimum atomic E-state index is -0.599. The van der Waals surface area contributed by atoms with Gasteiger partial charge in [-0.3, -0.25) is 10.1 Å². The van der Waals surface area contributed by atoms with E-state index in [1.54, 1.807) is 13.8 Å². The molecule has 1 aliphatic heterocycles. The topological polar surface area (TPSA) is 86.5 Å². The summed E-state index contributed by atoms with van der Waals surface area (Å²) in [6.07, 6.45) is 0. The monoisotopic (exact) mass is 343 g/mol. The average Bonchev–Trinajstić information content (AvgIpc) is 2.44. The highest BCUT2D eigenvalue weighted by Crippen LogP contribution is 2.37. The number of aromatic nitrogens is 1. The second-order valence-corrected chi connectivity index (χ2v) is 7.09. The van der Waals surface area contributed by atoms with E-state index in [2.05, 4.69) is 10.3 Å². The van der Waals surface area contributed by atoms with Gasteiger partial charge in [0.1, 0.15) is 5.69 Å². The number of nitrogens with one attached hydrogen (secondary N) is 1. The molecule has 1 aromatic rings. The molecular formula is C15H22ClN3O4. The van der Waals surface area contributed by atoms with Crippen LogP contribution in [0.1, 0.15) is 32.0 Å². The van der Waals surface area contributed by atoms with Crippen LogP contribution in [0.5, 0.6) is 0 Å². The Kier molecular flexibility index (Phi) is 4.84. The normalized spacial score (nSPS) is 19.4. The molecule has 1 N–H and O–H groups in total. The van der Waals surface area contributed by atoms with Gasteiger partial charge in [0.15, 0.2) is 5.79 Å². The first-order chi connectivity index (χ1) is 10.5. The van der Waals surface area contributed by atoms with E-state index in [1.807, 2.05) is 20.8 Å². The molecule has 23 heavy (non-hydrogen) atoms. The lowest BCUT2D eigenvalue weighted by Crippen LogP contribution is -2.48. The Morgan fingerprint density at radius 2 is 1.87 bits per heavy atom. The van der Waals surface area contributed by atoms with Crippen molar-refractivity contribution in [3.8, 4) is 0 Å². The number of nitrogens with zero attached hydrogens (tertiary/aromatic N) is 2. The third-order valence-electron chi connectivity index (χ3n) is 4.03. The van der Waals surface area contributed by atoms with Gasteiger partial charge in [-0.1, -0.05) is 18.5 Å². The number of anilines is 1. The first-order valence-electron chi connectivity index (χ1n) is 7.37. The predicted octanol–water partition coefficient (Wildman–Crippen LogP) is 3.46. The maximum absolute atomic E-state index is 11.3. The van der Waals surface area contributed by atoms with Crippen LogP contribution in [0.4, 0.5) is 11.4 Å². The summed E-state index contributed by atoms with van der Waals surface area (Å²) >= 11 is 5.95. The van der Waals surface area contributed by atoms with Crippen LogP contribution in [0.25, 0.3) is 0 Å². The van der Waals surface area contributed by atoms with Crippen LogP contribution >= 0.6 is 11.6 Å². The van der Waals surface area contributed by atoms with E-state index in [0.29, 0.717) is 36.7 Å². The Balaban J connectivity index is 2.22. The molecule has 0 aliphatic carbocycles. The highest BCUT2D eigenvalue weighted by molar-refractivity contribution is 6.32. The number of pyridine rings is 1. The van der Waals surface area contributed by atoms with Crippen LogP contribution in [0.3, 0.4) is 0 Å². The average molecular weight is 344 g/mol. The van der Waals surface area contributed by atoms with E-state index in [-0.39, 0.29) is 16.3 Å². The Morgan fingerprint density at radius 1 is 1.30 bits per heavy atom. The summed E-state index contributed by atoms with van der Waals surface area (Å²) in [5, 5.41) is 14.4. The SMILES string of the molecule is Cc1nc(Cl)c([N+](=O)[O-])c(NCC2(C)COC(C)(C)OC2)c1C. The van der Waals surface area contributed by atoms with E-state index >= 15 is 0 Å². The molecule has 0 saturated carbocycles. The fourth-order valence-corrected chi connectivity index (χ4v) is 2.60. The van der Waals surface area contributed by atoms with Crippen LogP contribution in [0.2, 0.25) is 5.15 Å². The van der Waals surface area contributed by atoms with Crippen LogP contribution in [-0.2, 0) is 9.47 Å². The summed E-state index contributed by atoms with van der Waals surface area (Å²) in [5.74, 6) is -0.599. The molecule has 128 valence electrons. The third-order valence-corrected chi connectivity index (χ3v) is 4.29. The molecule has 0 atom stereocenters. The second kappa shape index (κ2) is 6.22. The molecule has 0 unspecified atom stereocenters. The van der Waals surface area contributed by atoms with E-state index in [1.165, 1.54) is 0 Å². The zero-order valence-electron chi connectivity index (χ0n) is 14.0. The van der Waals surface area contributed by atoms with Gasteiger partial charge in [0, 0.05) is 23.2 Å². The van der Waals surface area contributed by atoms with Crippen molar-refractivity contribution in [3.63, 3.8) is 0 Å². The lowest BCUT2D eigenvalue weighted by atomic mass is 9.91. The number of rotatable bonds is 4. The van der Waals surface area contributed by atoms with Gasteiger partial charge in [-0.25, -0.2) is 4.98 Å². The molecule has 2 heterocycles. The van der Waals surface area contributed by atoms with Gasteiger partial charge in [-0.2, -0.15) is 0 Å². The Labute approximate surface area is 140 Å². The fraction of sp³-hybridized carbons (Fsp3) is 0.667. The van der Waals surface area contributed by atoms with Crippen molar-refractivity contribution < 1.29 is 14.4 Å². The van der Waals surface area contributed by atoms with E-state index in [4.69, 9.17) is 21.1 Å². The minimum Gasteiger partial charge on any atom is -0.378 e. The first kappa shape index (κ1) is 17.9. The number of ether oxygens (including phenoxy) is 2. The molecule has 0 aromatic carbocycles. The lowest BCUT2D eigenvalue weighted by molar-refractivity contribution is -0.384. The molecular weight excluding hydrogens is 322 g/mol. The summed E-state index contributed by atoms with van der Waals surface area (Å²) in [6.45, 7) is 10.7. The fourth-order valence-electron chi connectivity index (χ4n) is 2.31. The minimum absolute atomic E-state index is 0.108. The van der Waals surface area contributed by atoms with Crippen molar-refractivity contribution in [1.29, 1.82) is 0 Å². The molecule has 1 fully saturated rings. The predicted molar refractivity (Wildman–Crippen MR) is 88.0 cm³/mol. The Morgan fingerprint density at radius 3 is 2.39 bits per heavy atom. The quantitative estimate of drug-likeness (QED) is 0.512. The molecule has 1 saturated heterocycles. The summed E-state index contributed by atoms with van der Waals surface area (Å²) in [4.78, 5) is 14.8. The summed E-state index contributed by atoms with van der Waals surface area (Å²) in [7, 11) is 0. The van der Waals surface area contributed by atoms with E-state index in [9.17, 15) is 10.1 Å². The van der Waals surface area contributed by atoms with Crippen molar-refractivity contribution in [2.75, 3.05) is 25.1 Å². The summed E-state index contributed by atoms with van der Waals surface area (Å²) < 4.78 is 11.4. The van der Waals surface area contributed by atoms with Gasteiger partial charge in [-0.15, -0.1) is 0 Å². The van der Waals surface area contributed by atoms with Crippen molar-refractivity contribution >= 4 is 23.0 Å². The number of halogens is 1. The molecule has 0 radical (unpaired) electrons. The standard InChI is InChI=1S/C15H22ClN3O4/c1-9-10(2)18-13(16)12(19(20)21)11(9)17-6-15(5)7-22-14(3,4)23-8-15/h6-8H2,1-5H3,(H,17,18). The molecule has 0 amide bonds. The highest BCUT2D eigenvalue weighted by Gasteiger charge is 2.37. The van der Waals surface area contributed by atoms with Crippen LogP contribution in [-0.4, -0.2) is 35.5 Å². The Hall–Kier alpha value is -1.44. The molecule has 8 heteroatoms. The first-order valence-corrected chi connectivity index (χ1v) is 7.75. The zero-order valence-corrected chi connectivity index (χ0v) is 14.8. The highest BCUT2D eigenvalue weighted by atomic mass is 35.5. The van der Waals surface area contributed by atoms with Crippen molar-refractivity contribution in [1.82, 2.24) is 4.98 Å². The number of nitro groups is 1. The molecule has 0 bridgehead atoms. The van der Waals surface area contributed by atoms with Crippen LogP contribution in [0, 0.1) is 29.4 Å². The van der Waals surface area contributed by atoms with E-state index < -0.39 is 10.7 Å². The summed E-state index contributed by atoms with van der Waals surface area (Å²) in [6, 6.07) is 0. The summed E-state index contributed by atoms with van der Waals surface area (Å²) in [5.41, 5.74) is 1.28. The van der Waals surface area contributed by atoms with Crippen LogP contribution < -0.4 is 5.32 Å². The third kappa shape index (κ3) is 3.91. The molecule has 1 aliphatic rings. The van der Waals surface area contributed by atoms with Gasteiger partial charge < -0.3 is 14.8 Å². The van der Waals surface area contributed by atoms with Crippen molar-refractivity contribution in [2.24, 2.45) is 5.41 Å². The molecule has 0 spiro atoms. The number of aryl methyl sites for hydroxylation is 1. The van der Waals surface area contributed by atoms with Crippen LogP contribution in [0.15, 0.2) is 0 Å². The van der Waals surface area contributed by atoms with Gasteiger partial charge in [-0.05, 0) is 27.7 Å².